The van der Waals surface area contributed by atoms with Gasteiger partial charge in [0.25, 0.3) is 0 Å². The fraction of sp³-hybridized carbons (Fsp3) is 0.829. The van der Waals surface area contributed by atoms with E-state index in [2.05, 4.69) is 10.6 Å². The Morgan fingerprint density at radius 1 is 0.740 bits per heavy atom. The average molecular weight is 731 g/mol. The number of hydrogen-bond donors (Lipinski definition) is 5. The van der Waals surface area contributed by atoms with Gasteiger partial charge in [-0.15, -0.1) is 11.8 Å². The number of carbonyl (C=O) groups is 6. The van der Waals surface area contributed by atoms with Crippen LogP contribution in [0.1, 0.15) is 122 Å². The van der Waals surface area contributed by atoms with E-state index in [1.54, 1.807) is 11.8 Å². The fourth-order valence-corrected chi connectivity index (χ4v) is 6.59. The lowest BCUT2D eigenvalue weighted by molar-refractivity contribution is -0.140. The summed E-state index contributed by atoms with van der Waals surface area (Å²) in [5.41, 5.74) is 5.42. The lowest BCUT2D eigenvalue weighted by atomic mass is 10.0. The molecule has 1 rings (SSSR count). The molecule has 1 aliphatic heterocycles. The Labute approximate surface area is 301 Å². The van der Waals surface area contributed by atoms with Crippen molar-refractivity contribution in [2.75, 3.05) is 51.8 Å². The lowest BCUT2D eigenvalue weighted by Gasteiger charge is -2.15. The molecule has 0 aromatic heterocycles. The number of hydrogen-bond acceptors (Lipinski definition) is 10. The molecule has 1 aliphatic rings. The summed E-state index contributed by atoms with van der Waals surface area (Å²) < 4.78 is 10.6. The Balaban J connectivity index is 1.94. The summed E-state index contributed by atoms with van der Waals surface area (Å²) in [7, 11) is 0. The molecular weight excluding hydrogens is 668 g/mol. The molecule has 0 saturated carbocycles. The van der Waals surface area contributed by atoms with Gasteiger partial charge >= 0.3 is 11.9 Å². The van der Waals surface area contributed by atoms with Gasteiger partial charge in [0.1, 0.15) is 12.6 Å². The van der Waals surface area contributed by atoms with Crippen molar-refractivity contribution in [3.8, 4) is 0 Å². The van der Waals surface area contributed by atoms with Gasteiger partial charge in [0.15, 0.2) is 0 Å². The first-order valence-corrected chi connectivity index (χ1v) is 19.5. The molecule has 1 saturated heterocycles. The first-order valence-electron chi connectivity index (χ1n) is 18.5. The second-order valence-corrected chi connectivity index (χ2v) is 14.1. The number of nitrogens with two attached hydrogens (primary N) is 1. The van der Waals surface area contributed by atoms with E-state index in [-0.39, 0.29) is 87.7 Å². The number of rotatable bonds is 34. The first-order chi connectivity index (χ1) is 24.1. The van der Waals surface area contributed by atoms with Crippen LogP contribution >= 0.6 is 11.8 Å². The van der Waals surface area contributed by atoms with Crippen LogP contribution in [0.5, 0.6) is 0 Å². The molecular formula is C35H62N4O10S. The normalized spacial score (nSPS) is 15.0. The number of carbonyl (C=O) groups excluding carboxylic acids is 4. The van der Waals surface area contributed by atoms with Crippen LogP contribution in [-0.2, 0) is 38.2 Å². The van der Waals surface area contributed by atoms with Gasteiger partial charge in [-0.2, -0.15) is 0 Å². The van der Waals surface area contributed by atoms with Crippen molar-refractivity contribution in [3.05, 3.63) is 0 Å². The van der Waals surface area contributed by atoms with Crippen molar-refractivity contribution in [3.63, 3.8) is 0 Å². The first kappa shape index (κ1) is 45.3. The molecule has 1 fully saturated rings. The van der Waals surface area contributed by atoms with Crippen molar-refractivity contribution in [2.24, 2.45) is 5.73 Å². The number of nitrogens with zero attached hydrogens (tertiary/aromatic N) is 1. The molecule has 15 heteroatoms. The number of aliphatic carboxylic acids is 2. The van der Waals surface area contributed by atoms with E-state index in [1.165, 1.54) is 56.3 Å². The topological polar surface area (TPSA) is 215 Å². The van der Waals surface area contributed by atoms with Crippen LogP contribution < -0.4 is 16.4 Å². The molecule has 50 heavy (non-hydrogen) atoms. The summed E-state index contributed by atoms with van der Waals surface area (Å²) in [6, 6.07) is -0.887. The van der Waals surface area contributed by atoms with Crippen LogP contribution in [0.25, 0.3) is 0 Å². The van der Waals surface area contributed by atoms with Gasteiger partial charge in [-0.05, 0) is 37.9 Å². The Morgan fingerprint density at radius 3 is 1.94 bits per heavy atom. The summed E-state index contributed by atoms with van der Waals surface area (Å²) in [6.07, 6.45) is 17.0. The van der Waals surface area contributed by atoms with Crippen LogP contribution in [0.4, 0.5) is 0 Å². The predicted molar refractivity (Wildman–Crippen MR) is 192 cm³/mol. The van der Waals surface area contributed by atoms with Gasteiger partial charge in [-0.3, -0.25) is 33.7 Å². The Hall–Kier alpha value is -2.75. The van der Waals surface area contributed by atoms with Gasteiger partial charge in [0.2, 0.25) is 23.6 Å². The van der Waals surface area contributed by atoms with Crippen molar-refractivity contribution >= 4 is 47.3 Å². The molecule has 0 radical (unpaired) electrons. The van der Waals surface area contributed by atoms with Crippen LogP contribution in [0.3, 0.4) is 0 Å². The summed E-state index contributed by atoms with van der Waals surface area (Å²) in [5, 5.41) is 22.4. The van der Waals surface area contributed by atoms with Crippen LogP contribution in [0, 0.1) is 0 Å². The smallest absolute Gasteiger partial charge is 0.320 e. The molecule has 14 nitrogen and oxygen atoms in total. The monoisotopic (exact) mass is 730 g/mol. The second kappa shape index (κ2) is 29.9. The zero-order valence-electron chi connectivity index (χ0n) is 29.8. The molecule has 6 N–H and O–H groups in total. The molecule has 1 unspecified atom stereocenters. The molecule has 1 heterocycles. The number of imide groups is 1. The number of unbranched alkanes of at least 4 members (excludes halogenated alkanes) is 13. The fourth-order valence-electron chi connectivity index (χ4n) is 5.41. The molecule has 2 atom stereocenters. The number of thioether (sulfide) groups is 1. The summed E-state index contributed by atoms with van der Waals surface area (Å²) in [6.45, 7) is 1.33. The Morgan fingerprint density at radius 2 is 1.32 bits per heavy atom. The van der Waals surface area contributed by atoms with Crippen LogP contribution in [0.15, 0.2) is 0 Å². The van der Waals surface area contributed by atoms with E-state index < -0.39 is 18.0 Å². The highest BCUT2D eigenvalue weighted by Gasteiger charge is 2.38. The highest BCUT2D eigenvalue weighted by atomic mass is 32.2. The van der Waals surface area contributed by atoms with Crippen LogP contribution in [-0.4, -0.2) is 114 Å². The minimum atomic E-state index is -1.04. The van der Waals surface area contributed by atoms with Gasteiger partial charge in [0, 0.05) is 38.9 Å². The van der Waals surface area contributed by atoms with E-state index in [4.69, 9.17) is 25.4 Å². The van der Waals surface area contributed by atoms with E-state index in [0.29, 0.717) is 25.8 Å². The Kier molecular flexibility index (Phi) is 27.1. The van der Waals surface area contributed by atoms with Gasteiger partial charge < -0.3 is 36.1 Å². The number of likely N-dealkylation sites (tertiary alicyclic amines) is 1. The van der Waals surface area contributed by atoms with E-state index >= 15 is 0 Å². The average Bonchev–Trinajstić information content (AvgIpc) is 3.35. The van der Waals surface area contributed by atoms with E-state index in [9.17, 15) is 28.8 Å². The van der Waals surface area contributed by atoms with Gasteiger partial charge in [-0.25, -0.2) is 0 Å². The maximum Gasteiger partial charge on any atom is 0.320 e. The molecule has 0 aliphatic carbocycles. The van der Waals surface area contributed by atoms with Gasteiger partial charge in [0.05, 0.1) is 25.1 Å². The predicted octanol–water partition coefficient (Wildman–Crippen LogP) is 3.63. The minimum absolute atomic E-state index is 0.0358. The number of nitrogens with one attached hydrogen (secondary N) is 2. The number of ether oxygens (including phenoxy) is 2. The second-order valence-electron chi connectivity index (χ2n) is 12.7. The van der Waals surface area contributed by atoms with Crippen LogP contribution in [0.2, 0.25) is 0 Å². The van der Waals surface area contributed by atoms with Crippen molar-refractivity contribution in [1.82, 2.24) is 15.5 Å². The third-order valence-corrected chi connectivity index (χ3v) is 9.67. The third-order valence-electron chi connectivity index (χ3n) is 8.37. The number of amides is 4. The summed E-state index contributed by atoms with van der Waals surface area (Å²) in [5.74, 6) is -1.87. The highest BCUT2D eigenvalue weighted by molar-refractivity contribution is 8.00. The lowest BCUT2D eigenvalue weighted by Crippen LogP contribution is -2.36. The molecule has 0 spiro atoms. The van der Waals surface area contributed by atoms with Crippen molar-refractivity contribution < 1.29 is 48.5 Å². The van der Waals surface area contributed by atoms with Crippen molar-refractivity contribution in [1.29, 1.82) is 0 Å². The standard InChI is InChI=1S/C35H62N4O10S/c36-28(35(46)47)16-13-14-19-37-31(41)27-49-24-23-48-22-20-38-30(40)18-21-39-32(42)26-29(34(39)45)50-25-15-11-9-7-5-3-1-2-4-6-8-10-12-17-33(43)44/h28-29H,1-27,36H2,(H,37,41)(H,38,40)(H,43,44)(H,46,47)/t28-,29?/m0/s1. The zero-order chi connectivity index (χ0) is 36.8. The minimum Gasteiger partial charge on any atom is -0.481 e. The number of carboxylic acid groups (broad SMARTS) is 2. The van der Waals surface area contributed by atoms with Gasteiger partial charge in [-0.1, -0.05) is 70.6 Å². The Bertz CT molecular complexity index is 1000. The third kappa shape index (κ3) is 24.4. The number of carboxylic acids is 2. The molecule has 4 amide bonds. The molecule has 0 bridgehead atoms. The SMILES string of the molecule is N[C@@H](CCCCNC(=O)COCCOCCNC(=O)CCN1C(=O)CC(SCCCCCCCCCCCCCCCC(=O)O)C1=O)C(=O)O. The maximum atomic E-state index is 12.7. The largest absolute Gasteiger partial charge is 0.481 e. The maximum absolute atomic E-state index is 12.7. The van der Waals surface area contributed by atoms with E-state index in [0.717, 1.165) is 37.9 Å². The summed E-state index contributed by atoms with van der Waals surface area (Å²) in [4.78, 5) is 71.4. The molecule has 288 valence electrons. The summed E-state index contributed by atoms with van der Waals surface area (Å²) >= 11 is 1.54. The highest BCUT2D eigenvalue weighted by Crippen LogP contribution is 2.26. The van der Waals surface area contributed by atoms with Crippen molar-refractivity contribution in [2.45, 2.75) is 133 Å². The van der Waals surface area contributed by atoms with E-state index in [1.807, 2.05) is 0 Å². The zero-order valence-corrected chi connectivity index (χ0v) is 30.7. The molecule has 0 aromatic rings. The molecule has 0 aromatic carbocycles. The quantitative estimate of drug-likeness (QED) is 0.0474.